The van der Waals surface area contributed by atoms with Gasteiger partial charge in [0.2, 0.25) is 0 Å². The molecule has 0 fully saturated rings. The van der Waals surface area contributed by atoms with Crippen LogP contribution in [0.5, 0.6) is 0 Å². The molecule has 0 aliphatic carbocycles. The van der Waals surface area contributed by atoms with Crippen LogP contribution in [0.3, 0.4) is 0 Å². The predicted molar refractivity (Wildman–Crippen MR) is 88.0 cm³/mol. The molecule has 2 aromatic rings. The normalized spacial score (nSPS) is 11.2. The number of hydrogen-bond acceptors (Lipinski definition) is 3. The highest BCUT2D eigenvalue weighted by atomic mass is 79.9. The first-order valence-electron chi connectivity index (χ1n) is 6.70. The Labute approximate surface area is 133 Å². The Morgan fingerprint density at radius 1 is 1.40 bits per heavy atom. The lowest BCUT2D eigenvalue weighted by Gasteiger charge is -2.11. The Morgan fingerprint density at radius 3 is 2.85 bits per heavy atom. The van der Waals surface area contributed by atoms with Crippen LogP contribution in [0.25, 0.3) is 0 Å². The van der Waals surface area contributed by atoms with Crippen molar-refractivity contribution in [2.24, 2.45) is 13.0 Å². The summed E-state index contributed by atoms with van der Waals surface area (Å²) >= 11 is 5.31. The van der Waals surface area contributed by atoms with Crippen molar-refractivity contribution in [3.05, 3.63) is 40.6 Å². The second-order valence-corrected chi connectivity index (χ2v) is 7.26. The summed E-state index contributed by atoms with van der Waals surface area (Å²) in [5.74, 6) is 0.667. The van der Waals surface area contributed by atoms with E-state index in [1.165, 1.54) is 10.5 Å². The minimum absolute atomic E-state index is 0.667. The molecule has 1 heterocycles. The van der Waals surface area contributed by atoms with Crippen LogP contribution in [-0.4, -0.2) is 16.3 Å². The second kappa shape index (κ2) is 7.29. The maximum absolute atomic E-state index is 4.22. The van der Waals surface area contributed by atoms with Gasteiger partial charge < -0.3 is 5.32 Å². The highest BCUT2D eigenvalue weighted by Gasteiger charge is 2.07. The summed E-state index contributed by atoms with van der Waals surface area (Å²) in [7, 11) is 1.94. The molecule has 108 valence electrons. The van der Waals surface area contributed by atoms with Gasteiger partial charge in [-0.05, 0) is 30.2 Å². The molecule has 2 rings (SSSR count). The smallest absolute Gasteiger partial charge is 0.0629 e. The molecule has 0 bridgehead atoms. The van der Waals surface area contributed by atoms with Crippen molar-refractivity contribution >= 4 is 27.7 Å². The van der Waals surface area contributed by atoms with Crippen molar-refractivity contribution in [3.63, 3.8) is 0 Å². The van der Waals surface area contributed by atoms with Crippen LogP contribution in [0.1, 0.15) is 19.4 Å². The van der Waals surface area contributed by atoms with Gasteiger partial charge in [0.1, 0.15) is 0 Å². The molecular weight excluding hydrogens is 334 g/mol. The molecule has 5 heteroatoms. The Hall–Kier alpha value is -0.780. The average Bonchev–Trinajstić information content (AvgIpc) is 2.77. The maximum atomic E-state index is 4.22. The summed E-state index contributed by atoms with van der Waals surface area (Å²) in [5, 5.41) is 7.72. The van der Waals surface area contributed by atoms with E-state index in [0.29, 0.717) is 5.92 Å². The van der Waals surface area contributed by atoms with Crippen LogP contribution in [-0.2, 0) is 13.6 Å². The fraction of sp³-hybridized carbons (Fsp3) is 0.400. The van der Waals surface area contributed by atoms with Crippen molar-refractivity contribution in [2.45, 2.75) is 30.2 Å². The number of rotatable bonds is 6. The van der Waals surface area contributed by atoms with Gasteiger partial charge in [-0.1, -0.05) is 47.6 Å². The van der Waals surface area contributed by atoms with Crippen molar-refractivity contribution < 1.29 is 0 Å². The first-order valence-corrected chi connectivity index (χ1v) is 8.31. The molecule has 1 aromatic heterocycles. The first-order chi connectivity index (χ1) is 9.54. The molecule has 0 spiro atoms. The van der Waals surface area contributed by atoms with Gasteiger partial charge in [-0.3, -0.25) is 4.68 Å². The fourth-order valence-corrected chi connectivity index (χ4v) is 3.37. The highest BCUT2D eigenvalue weighted by Crippen LogP contribution is 2.32. The molecule has 0 radical (unpaired) electrons. The van der Waals surface area contributed by atoms with Crippen LogP contribution >= 0.6 is 27.7 Å². The molecule has 0 saturated carbocycles. The number of nitrogens with one attached hydrogen (secondary N) is 1. The molecule has 1 N–H and O–H groups in total. The van der Waals surface area contributed by atoms with Crippen LogP contribution in [0.15, 0.2) is 44.9 Å². The number of benzene rings is 1. The topological polar surface area (TPSA) is 29.9 Å². The molecule has 20 heavy (non-hydrogen) atoms. The first kappa shape index (κ1) is 15.6. The molecule has 0 unspecified atom stereocenters. The average molecular weight is 354 g/mol. The summed E-state index contributed by atoms with van der Waals surface area (Å²) in [4.78, 5) is 2.43. The standard InChI is InChI=1S/C15H20BrN3S/c1-11(2)7-17-8-12-4-5-13(16)6-15(12)20-14-9-18-19(3)10-14/h4-6,9-11,17H,7-8H2,1-3H3. The molecule has 0 saturated heterocycles. The van der Waals surface area contributed by atoms with Gasteiger partial charge in [0.05, 0.1) is 11.1 Å². The molecular formula is C15H20BrN3S. The summed E-state index contributed by atoms with van der Waals surface area (Å²) in [6, 6.07) is 6.44. The maximum Gasteiger partial charge on any atom is 0.0629 e. The van der Waals surface area contributed by atoms with E-state index in [-0.39, 0.29) is 0 Å². The third-order valence-corrected chi connectivity index (χ3v) is 4.35. The van der Waals surface area contributed by atoms with Crippen molar-refractivity contribution in [1.82, 2.24) is 15.1 Å². The van der Waals surface area contributed by atoms with E-state index in [2.05, 4.69) is 58.4 Å². The van der Waals surface area contributed by atoms with E-state index in [1.807, 2.05) is 24.1 Å². The van der Waals surface area contributed by atoms with Crippen LogP contribution in [0, 0.1) is 5.92 Å². The van der Waals surface area contributed by atoms with E-state index < -0.39 is 0 Å². The van der Waals surface area contributed by atoms with Gasteiger partial charge in [0, 0.05) is 29.2 Å². The Morgan fingerprint density at radius 2 is 2.20 bits per heavy atom. The monoisotopic (exact) mass is 353 g/mol. The van der Waals surface area contributed by atoms with Crippen molar-refractivity contribution in [3.8, 4) is 0 Å². The van der Waals surface area contributed by atoms with Crippen LogP contribution < -0.4 is 5.32 Å². The van der Waals surface area contributed by atoms with E-state index in [0.717, 1.165) is 22.5 Å². The SMILES string of the molecule is CC(C)CNCc1ccc(Br)cc1Sc1cnn(C)c1. The zero-order chi connectivity index (χ0) is 14.5. The summed E-state index contributed by atoms with van der Waals surface area (Å²) in [6.45, 7) is 6.38. The lowest BCUT2D eigenvalue weighted by molar-refractivity contribution is 0.550. The van der Waals surface area contributed by atoms with E-state index in [4.69, 9.17) is 0 Å². The number of halogens is 1. The van der Waals surface area contributed by atoms with E-state index >= 15 is 0 Å². The third kappa shape index (κ3) is 4.65. The molecule has 3 nitrogen and oxygen atoms in total. The van der Waals surface area contributed by atoms with Crippen molar-refractivity contribution in [1.29, 1.82) is 0 Å². The number of hydrogen-bond donors (Lipinski definition) is 1. The van der Waals surface area contributed by atoms with Crippen molar-refractivity contribution in [2.75, 3.05) is 6.54 Å². The van der Waals surface area contributed by atoms with Gasteiger partial charge in [-0.25, -0.2) is 0 Å². The lowest BCUT2D eigenvalue weighted by Crippen LogP contribution is -2.19. The predicted octanol–water partition coefficient (Wildman–Crippen LogP) is 4.08. The molecule has 0 amide bonds. The summed E-state index contributed by atoms with van der Waals surface area (Å²) in [5.41, 5.74) is 1.32. The Kier molecular flexibility index (Phi) is 5.69. The quantitative estimate of drug-likeness (QED) is 0.848. The third-order valence-electron chi connectivity index (χ3n) is 2.81. The highest BCUT2D eigenvalue weighted by molar-refractivity contribution is 9.10. The zero-order valence-corrected chi connectivity index (χ0v) is 14.5. The van der Waals surface area contributed by atoms with Gasteiger partial charge in [-0.2, -0.15) is 5.10 Å². The molecule has 0 aliphatic rings. The number of nitrogens with zero attached hydrogens (tertiary/aromatic N) is 2. The lowest BCUT2D eigenvalue weighted by atomic mass is 10.2. The molecule has 0 aliphatic heterocycles. The van der Waals surface area contributed by atoms with Gasteiger partial charge >= 0.3 is 0 Å². The summed E-state index contributed by atoms with van der Waals surface area (Å²) < 4.78 is 2.94. The van der Waals surface area contributed by atoms with E-state index in [9.17, 15) is 0 Å². The minimum atomic E-state index is 0.667. The van der Waals surface area contributed by atoms with Crippen LogP contribution in [0.2, 0.25) is 0 Å². The summed E-state index contributed by atoms with van der Waals surface area (Å²) in [6.07, 6.45) is 3.94. The number of aromatic nitrogens is 2. The minimum Gasteiger partial charge on any atom is -0.312 e. The molecule has 1 aromatic carbocycles. The van der Waals surface area contributed by atoms with Gasteiger partial charge in [0.15, 0.2) is 0 Å². The molecule has 0 atom stereocenters. The number of aryl methyl sites for hydroxylation is 1. The Balaban J connectivity index is 2.11. The van der Waals surface area contributed by atoms with Gasteiger partial charge in [0.25, 0.3) is 0 Å². The largest absolute Gasteiger partial charge is 0.312 e. The Bertz CT molecular complexity index is 566. The van der Waals surface area contributed by atoms with E-state index in [1.54, 1.807) is 11.8 Å². The van der Waals surface area contributed by atoms with Gasteiger partial charge in [-0.15, -0.1) is 0 Å². The fourth-order valence-electron chi connectivity index (χ4n) is 1.84. The van der Waals surface area contributed by atoms with Crippen LogP contribution in [0.4, 0.5) is 0 Å². The second-order valence-electron chi connectivity index (χ2n) is 5.23. The zero-order valence-electron chi connectivity index (χ0n) is 12.1.